The van der Waals surface area contributed by atoms with Gasteiger partial charge in [0.1, 0.15) is 5.78 Å². The number of hydrogen-bond donors (Lipinski definition) is 0. The summed E-state index contributed by atoms with van der Waals surface area (Å²) in [6, 6.07) is 0. The van der Waals surface area contributed by atoms with Gasteiger partial charge in [-0.15, -0.1) is 0 Å². The van der Waals surface area contributed by atoms with Crippen LogP contribution in [0.25, 0.3) is 0 Å². The highest BCUT2D eigenvalue weighted by atomic mass is 35.5. The van der Waals surface area contributed by atoms with E-state index < -0.39 is 0 Å². The molecular weight excluding hydrogens is 452 g/mol. The van der Waals surface area contributed by atoms with Crippen molar-refractivity contribution in [2.45, 2.75) is 120 Å². The van der Waals surface area contributed by atoms with Crippen LogP contribution in [0.1, 0.15) is 120 Å². The van der Waals surface area contributed by atoms with E-state index in [1.54, 1.807) is 5.57 Å². The fraction of sp³-hybridized carbons (Fsp3) is 0.875. The lowest BCUT2D eigenvalue weighted by atomic mass is 9.33. The van der Waals surface area contributed by atoms with Crippen LogP contribution in [-0.4, -0.2) is 11.0 Å². The van der Waals surface area contributed by atoms with Gasteiger partial charge in [0, 0.05) is 5.92 Å². The van der Waals surface area contributed by atoms with Crippen molar-refractivity contribution in [1.29, 1.82) is 0 Å². The molecule has 4 saturated carbocycles. The minimum Gasteiger partial charge on any atom is -0.300 e. The predicted octanol–water partition coefficient (Wildman–Crippen LogP) is 8.76. The van der Waals surface area contributed by atoms with Gasteiger partial charge in [-0.3, -0.25) is 9.59 Å². The van der Waals surface area contributed by atoms with E-state index in [2.05, 4.69) is 54.5 Å². The number of carbonyl (C=O) groups excluding carboxylic acids is 2. The van der Waals surface area contributed by atoms with Crippen LogP contribution in [0.15, 0.2) is 11.6 Å². The average Bonchev–Trinajstić information content (AvgIpc) is 2.72. The first kappa shape index (κ1) is 26.0. The zero-order chi connectivity index (χ0) is 25.8. The second-order valence-electron chi connectivity index (χ2n) is 15.7. The molecule has 3 heteroatoms. The minimum absolute atomic E-state index is 0.0607. The zero-order valence-electron chi connectivity index (χ0n) is 23.7. The predicted molar refractivity (Wildman–Crippen MR) is 144 cm³/mol. The molecule has 196 valence electrons. The standard InChI is InChI=1S/C32H49ClO2/c1-20(34)21-11-13-29(6)24(28(21,4)5)12-14-31(8)25(29)10-9-22-23-19-27(2,3)15-17-32(23,26(33)35)18-16-30(22,31)7/h9,21,23-25H,10-19H2,1-8H3/t21?,23-,24?,25+,29-,30+,31+,32-/m0/s1. The summed E-state index contributed by atoms with van der Waals surface area (Å²) in [7, 11) is 0. The summed E-state index contributed by atoms with van der Waals surface area (Å²) in [5, 5.41) is -0.0757. The van der Waals surface area contributed by atoms with E-state index in [0.717, 1.165) is 44.9 Å². The molecule has 35 heavy (non-hydrogen) atoms. The van der Waals surface area contributed by atoms with Crippen LogP contribution in [0.2, 0.25) is 0 Å². The summed E-state index contributed by atoms with van der Waals surface area (Å²) < 4.78 is 0. The maximum atomic E-state index is 13.0. The highest BCUT2D eigenvalue weighted by Crippen LogP contribution is 2.76. The number of halogens is 1. The van der Waals surface area contributed by atoms with Crippen molar-refractivity contribution in [3.63, 3.8) is 0 Å². The van der Waals surface area contributed by atoms with Crippen LogP contribution in [0.3, 0.4) is 0 Å². The van der Waals surface area contributed by atoms with Crippen LogP contribution < -0.4 is 0 Å². The maximum absolute atomic E-state index is 13.0. The monoisotopic (exact) mass is 500 g/mol. The van der Waals surface area contributed by atoms with Crippen molar-refractivity contribution in [2.24, 2.45) is 56.2 Å². The fourth-order valence-corrected chi connectivity index (χ4v) is 11.7. The molecule has 0 aromatic rings. The van der Waals surface area contributed by atoms with E-state index in [4.69, 9.17) is 11.6 Å². The molecule has 2 unspecified atom stereocenters. The highest BCUT2D eigenvalue weighted by molar-refractivity contribution is 6.64. The molecule has 0 aromatic heterocycles. The van der Waals surface area contributed by atoms with Crippen LogP contribution in [0.5, 0.6) is 0 Å². The van der Waals surface area contributed by atoms with Crippen LogP contribution in [-0.2, 0) is 9.59 Å². The fourth-order valence-electron chi connectivity index (χ4n) is 11.3. The van der Waals surface area contributed by atoms with Gasteiger partial charge in [-0.25, -0.2) is 0 Å². The van der Waals surface area contributed by atoms with Crippen LogP contribution >= 0.6 is 11.6 Å². The number of allylic oxidation sites excluding steroid dienone is 2. The molecule has 0 radical (unpaired) electrons. The summed E-state index contributed by atoms with van der Waals surface area (Å²) in [6.45, 7) is 19.1. The molecule has 0 amide bonds. The number of ketones is 1. The Morgan fingerprint density at radius 3 is 2.14 bits per heavy atom. The number of hydrogen-bond acceptors (Lipinski definition) is 2. The Morgan fingerprint density at radius 2 is 1.51 bits per heavy atom. The van der Waals surface area contributed by atoms with E-state index in [1.807, 2.05) is 6.92 Å². The molecule has 0 spiro atoms. The Balaban J connectivity index is 1.58. The summed E-state index contributed by atoms with van der Waals surface area (Å²) in [5.74, 6) is 2.10. The Bertz CT molecular complexity index is 976. The quantitative estimate of drug-likeness (QED) is 0.280. The van der Waals surface area contributed by atoms with Crippen LogP contribution in [0.4, 0.5) is 0 Å². The van der Waals surface area contributed by atoms with Gasteiger partial charge in [-0.1, -0.05) is 60.1 Å². The van der Waals surface area contributed by atoms with Gasteiger partial charge in [-0.05, 0) is 128 Å². The normalized spacial score (nSPS) is 50.0. The van der Waals surface area contributed by atoms with Gasteiger partial charge in [0.05, 0.1) is 5.41 Å². The molecule has 0 aromatic carbocycles. The van der Waals surface area contributed by atoms with Gasteiger partial charge >= 0.3 is 0 Å². The lowest BCUT2D eigenvalue weighted by Crippen LogP contribution is -2.64. The van der Waals surface area contributed by atoms with E-state index in [9.17, 15) is 9.59 Å². The smallest absolute Gasteiger partial charge is 0.228 e. The SMILES string of the molecule is CC(=O)C1CC[C@@]2(C)C(CC[C@]3(C)[C@@H]2CC=C2[C@@H]4CC(C)(C)CC[C@]4(C(=O)Cl)CC[C@]23C)C1(C)C. The first-order valence-electron chi connectivity index (χ1n) is 14.5. The largest absolute Gasteiger partial charge is 0.300 e. The van der Waals surface area contributed by atoms with E-state index in [-0.39, 0.29) is 43.7 Å². The molecule has 0 bridgehead atoms. The summed E-state index contributed by atoms with van der Waals surface area (Å²) >= 11 is 6.45. The highest BCUT2D eigenvalue weighted by Gasteiger charge is 2.69. The van der Waals surface area contributed by atoms with Crippen molar-refractivity contribution in [2.75, 3.05) is 0 Å². The van der Waals surface area contributed by atoms with Gasteiger partial charge in [0.2, 0.25) is 5.24 Å². The Labute approximate surface area is 219 Å². The topological polar surface area (TPSA) is 34.1 Å². The summed E-state index contributed by atoms with van der Waals surface area (Å²) in [6.07, 6.45) is 13.6. The zero-order valence-corrected chi connectivity index (χ0v) is 24.4. The van der Waals surface area contributed by atoms with E-state index in [1.165, 1.54) is 19.3 Å². The molecule has 4 fully saturated rings. The lowest BCUT2D eigenvalue weighted by Gasteiger charge is -2.71. The van der Waals surface area contributed by atoms with Crippen molar-refractivity contribution in [3.8, 4) is 0 Å². The van der Waals surface area contributed by atoms with Crippen molar-refractivity contribution in [1.82, 2.24) is 0 Å². The Hall–Kier alpha value is -0.630. The van der Waals surface area contributed by atoms with Gasteiger partial charge < -0.3 is 0 Å². The molecule has 0 saturated heterocycles. The second kappa shape index (κ2) is 7.70. The summed E-state index contributed by atoms with van der Waals surface area (Å²) in [5.41, 5.74) is 2.17. The van der Waals surface area contributed by atoms with Crippen molar-refractivity contribution < 1.29 is 9.59 Å². The lowest BCUT2D eigenvalue weighted by molar-refractivity contribution is -0.193. The molecular formula is C32H49ClO2. The molecule has 5 rings (SSSR count). The Morgan fingerprint density at radius 1 is 0.857 bits per heavy atom. The van der Waals surface area contributed by atoms with Gasteiger partial charge in [0.25, 0.3) is 0 Å². The molecule has 8 atom stereocenters. The third kappa shape index (κ3) is 3.26. The molecule has 0 N–H and O–H groups in total. The van der Waals surface area contributed by atoms with E-state index in [0.29, 0.717) is 23.5 Å². The molecule has 0 heterocycles. The molecule has 5 aliphatic carbocycles. The number of carbonyl (C=O) groups is 2. The first-order chi connectivity index (χ1) is 16.1. The van der Waals surface area contributed by atoms with Crippen molar-refractivity contribution in [3.05, 3.63) is 11.6 Å². The third-order valence-electron chi connectivity index (χ3n) is 13.6. The summed E-state index contributed by atoms with van der Waals surface area (Å²) in [4.78, 5) is 25.6. The average molecular weight is 501 g/mol. The van der Waals surface area contributed by atoms with Gasteiger partial charge in [-0.2, -0.15) is 0 Å². The van der Waals surface area contributed by atoms with Gasteiger partial charge in [0.15, 0.2) is 0 Å². The molecule has 5 aliphatic rings. The van der Waals surface area contributed by atoms with Crippen LogP contribution in [0, 0.1) is 56.2 Å². The van der Waals surface area contributed by atoms with E-state index >= 15 is 0 Å². The molecule has 0 aliphatic heterocycles. The second-order valence-corrected chi connectivity index (χ2v) is 16.0. The Kier molecular flexibility index (Phi) is 5.72. The number of rotatable bonds is 2. The number of fused-ring (bicyclic) bond motifs is 7. The van der Waals surface area contributed by atoms with Crippen molar-refractivity contribution >= 4 is 22.6 Å². The minimum atomic E-state index is -0.353. The first-order valence-corrected chi connectivity index (χ1v) is 14.8. The maximum Gasteiger partial charge on any atom is 0.228 e. The molecule has 2 nitrogen and oxygen atoms in total. The third-order valence-corrected chi connectivity index (χ3v) is 13.9. The number of Topliss-reactive ketones (excluding diaryl/α,β-unsaturated/α-hetero) is 1.